The topological polar surface area (TPSA) is 127 Å². The summed E-state index contributed by atoms with van der Waals surface area (Å²) in [5.41, 5.74) is 0.323. The van der Waals surface area contributed by atoms with Crippen molar-refractivity contribution in [1.82, 2.24) is 24.7 Å². The summed E-state index contributed by atoms with van der Waals surface area (Å²) in [4.78, 5) is 34.6. The molecule has 0 aliphatic heterocycles. The molecule has 1 N–H and O–H groups in total. The normalized spacial score (nSPS) is 10.9. The molecule has 5 aromatic rings. The predicted molar refractivity (Wildman–Crippen MR) is 135 cm³/mol. The second kappa shape index (κ2) is 9.46. The van der Waals surface area contributed by atoms with Gasteiger partial charge in [-0.3, -0.25) is 14.8 Å². The van der Waals surface area contributed by atoms with Crippen LogP contribution in [-0.4, -0.2) is 24.7 Å². The Bertz CT molecular complexity index is 1860. The van der Waals surface area contributed by atoms with E-state index in [1.54, 1.807) is 30.3 Å². The molecule has 0 radical (unpaired) electrons. The standard InChI is InChI=1S/C25H13Cl2FN6O3/c1-12-6-21(20-7-13(28)4-5-30-20)31-19-3-2-15(10-16(12)19)37-23-17(26)8-14(9-18(23)27)34-25(36)32-24(35)22(11-29)33-34/h2-10H,1H3,(H,32,35,36). The number of hydrogen-bond donors (Lipinski definition) is 1. The summed E-state index contributed by atoms with van der Waals surface area (Å²) in [6.45, 7) is 1.88. The lowest BCUT2D eigenvalue weighted by Crippen LogP contribution is -2.33. The van der Waals surface area contributed by atoms with Crippen LogP contribution in [0.1, 0.15) is 11.3 Å². The Kier molecular flexibility index (Phi) is 6.17. The van der Waals surface area contributed by atoms with E-state index in [-0.39, 0.29) is 21.5 Å². The quantitative estimate of drug-likeness (QED) is 0.345. The fourth-order valence-corrected chi connectivity index (χ4v) is 4.20. The molecular formula is C25H13Cl2FN6O3. The molecular weight excluding hydrogens is 522 g/mol. The number of aryl methyl sites for hydroxylation is 1. The van der Waals surface area contributed by atoms with Crippen molar-refractivity contribution in [3.8, 4) is 34.6 Å². The third-order valence-corrected chi connectivity index (χ3v) is 5.91. The molecule has 0 atom stereocenters. The molecule has 9 nitrogen and oxygen atoms in total. The number of aromatic nitrogens is 5. The highest BCUT2D eigenvalue weighted by molar-refractivity contribution is 6.37. The number of rotatable bonds is 4. The Hall–Kier alpha value is -4.59. The largest absolute Gasteiger partial charge is 0.454 e. The number of aromatic amines is 1. The van der Waals surface area contributed by atoms with Crippen LogP contribution in [0.5, 0.6) is 11.5 Å². The third kappa shape index (κ3) is 4.65. The van der Waals surface area contributed by atoms with Gasteiger partial charge in [-0.05, 0) is 55.0 Å². The lowest BCUT2D eigenvalue weighted by Gasteiger charge is -2.13. The minimum absolute atomic E-state index is 0.0587. The molecule has 0 fully saturated rings. The van der Waals surface area contributed by atoms with Crippen LogP contribution in [0.15, 0.2) is 64.3 Å². The van der Waals surface area contributed by atoms with Gasteiger partial charge in [-0.15, -0.1) is 5.10 Å². The monoisotopic (exact) mass is 534 g/mol. The van der Waals surface area contributed by atoms with Crippen molar-refractivity contribution in [2.45, 2.75) is 6.92 Å². The number of H-pyrrole nitrogens is 1. The van der Waals surface area contributed by atoms with Crippen LogP contribution in [0, 0.1) is 24.1 Å². The van der Waals surface area contributed by atoms with Gasteiger partial charge in [0.2, 0.25) is 5.69 Å². The second-order valence-electron chi connectivity index (χ2n) is 7.83. The first-order valence-electron chi connectivity index (χ1n) is 10.6. The minimum atomic E-state index is -0.902. The number of ether oxygens (including phenoxy) is 1. The predicted octanol–water partition coefficient (Wildman–Crippen LogP) is 4.95. The van der Waals surface area contributed by atoms with Crippen molar-refractivity contribution >= 4 is 34.1 Å². The van der Waals surface area contributed by atoms with Crippen LogP contribution in [-0.2, 0) is 0 Å². The van der Waals surface area contributed by atoms with Gasteiger partial charge in [0.15, 0.2) is 5.75 Å². The summed E-state index contributed by atoms with van der Waals surface area (Å²) >= 11 is 12.8. The Labute approximate surface area is 217 Å². The van der Waals surface area contributed by atoms with Gasteiger partial charge in [0.25, 0.3) is 5.56 Å². The van der Waals surface area contributed by atoms with Gasteiger partial charge in [-0.2, -0.15) is 9.94 Å². The van der Waals surface area contributed by atoms with E-state index in [2.05, 4.69) is 15.1 Å². The van der Waals surface area contributed by atoms with E-state index in [9.17, 15) is 14.0 Å². The first-order chi connectivity index (χ1) is 17.7. The lowest BCUT2D eigenvalue weighted by atomic mass is 10.1. The van der Waals surface area contributed by atoms with E-state index in [4.69, 9.17) is 33.2 Å². The maximum atomic E-state index is 13.6. The van der Waals surface area contributed by atoms with E-state index < -0.39 is 22.8 Å². The average Bonchev–Trinajstić information content (AvgIpc) is 2.86. The Morgan fingerprint density at radius 2 is 1.81 bits per heavy atom. The molecule has 3 aromatic heterocycles. The molecule has 0 unspecified atom stereocenters. The van der Waals surface area contributed by atoms with Gasteiger partial charge in [0.1, 0.15) is 17.6 Å². The van der Waals surface area contributed by atoms with Gasteiger partial charge in [0.05, 0.1) is 32.6 Å². The molecule has 182 valence electrons. The van der Waals surface area contributed by atoms with Crippen molar-refractivity contribution in [2.75, 3.05) is 0 Å². The minimum Gasteiger partial charge on any atom is -0.454 e. The molecule has 0 saturated carbocycles. The molecule has 0 amide bonds. The lowest BCUT2D eigenvalue weighted by molar-refractivity contribution is 0.483. The molecule has 0 aliphatic rings. The fourth-order valence-electron chi connectivity index (χ4n) is 3.65. The summed E-state index contributed by atoms with van der Waals surface area (Å²) in [6, 6.07) is 13.9. The van der Waals surface area contributed by atoms with Crippen molar-refractivity contribution in [1.29, 1.82) is 5.26 Å². The zero-order chi connectivity index (χ0) is 26.3. The summed E-state index contributed by atoms with van der Waals surface area (Å²) < 4.78 is 20.4. The zero-order valence-corrected chi connectivity index (χ0v) is 20.3. The molecule has 0 saturated heterocycles. The molecule has 5 rings (SSSR count). The van der Waals surface area contributed by atoms with Crippen molar-refractivity contribution in [3.63, 3.8) is 0 Å². The van der Waals surface area contributed by atoms with Crippen molar-refractivity contribution in [2.24, 2.45) is 0 Å². The van der Waals surface area contributed by atoms with Crippen molar-refractivity contribution < 1.29 is 9.13 Å². The fraction of sp³-hybridized carbons (Fsp3) is 0.0400. The first-order valence-corrected chi connectivity index (χ1v) is 11.3. The Balaban J connectivity index is 1.50. The van der Waals surface area contributed by atoms with E-state index in [1.807, 2.05) is 11.9 Å². The highest BCUT2D eigenvalue weighted by Crippen LogP contribution is 2.39. The molecule has 2 aromatic carbocycles. The average molecular weight is 535 g/mol. The van der Waals surface area contributed by atoms with Gasteiger partial charge in [-0.25, -0.2) is 14.2 Å². The number of halogens is 3. The number of nitriles is 1. The van der Waals surface area contributed by atoms with Gasteiger partial charge in [0, 0.05) is 17.6 Å². The van der Waals surface area contributed by atoms with Gasteiger partial charge in [-0.1, -0.05) is 23.2 Å². The Morgan fingerprint density at radius 3 is 2.51 bits per heavy atom. The number of fused-ring (bicyclic) bond motifs is 1. The van der Waals surface area contributed by atoms with E-state index in [0.29, 0.717) is 22.7 Å². The van der Waals surface area contributed by atoms with Crippen LogP contribution < -0.4 is 16.0 Å². The van der Waals surface area contributed by atoms with Gasteiger partial charge >= 0.3 is 5.69 Å². The molecule has 0 aliphatic carbocycles. The number of nitrogens with one attached hydrogen (secondary N) is 1. The maximum absolute atomic E-state index is 13.6. The SMILES string of the molecule is Cc1cc(-c2cc(F)ccn2)nc2ccc(Oc3c(Cl)cc(-n4nc(C#N)c(=O)[nH]c4=O)cc3Cl)cc12. The highest BCUT2D eigenvalue weighted by Gasteiger charge is 2.16. The summed E-state index contributed by atoms with van der Waals surface area (Å²) in [5, 5.41) is 13.7. The molecule has 0 spiro atoms. The summed E-state index contributed by atoms with van der Waals surface area (Å²) in [6.07, 6.45) is 1.38. The van der Waals surface area contributed by atoms with Crippen LogP contribution >= 0.6 is 23.2 Å². The summed E-state index contributed by atoms with van der Waals surface area (Å²) in [7, 11) is 0. The van der Waals surface area contributed by atoms with Gasteiger partial charge < -0.3 is 4.74 Å². The van der Waals surface area contributed by atoms with Crippen LogP contribution in [0.2, 0.25) is 10.0 Å². The van der Waals surface area contributed by atoms with Crippen LogP contribution in [0.4, 0.5) is 4.39 Å². The van der Waals surface area contributed by atoms with Crippen LogP contribution in [0.3, 0.4) is 0 Å². The van der Waals surface area contributed by atoms with Crippen LogP contribution in [0.25, 0.3) is 28.0 Å². The smallest absolute Gasteiger partial charge is 0.349 e. The number of nitrogens with zero attached hydrogens (tertiary/aromatic N) is 5. The third-order valence-electron chi connectivity index (χ3n) is 5.35. The summed E-state index contributed by atoms with van der Waals surface area (Å²) in [5.74, 6) is 0.132. The number of benzene rings is 2. The first kappa shape index (κ1) is 24.1. The Morgan fingerprint density at radius 1 is 1.05 bits per heavy atom. The van der Waals surface area contributed by atoms with Crippen molar-refractivity contribution in [3.05, 3.63) is 103 Å². The van der Waals surface area contributed by atoms with E-state index >= 15 is 0 Å². The molecule has 37 heavy (non-hydrogen) atoms. The number of hydrogen-bond acceptors (Lipinski definition) is 7. The zero-order valence-electron chi connectivity index (χ0n) is 18.8. The van der Waals surface area contributed by atoms with E-state index in [1.165, 1.54) is 30.5 Å². The van der Waals surface area contributed by atoms with E-state index in [0.717, 1.165) is 15.6 Å². The highest BCUT2D eigenvalue weighted by atomic mass is 35.5. The molecule has 0 bridgehead atoms. The second-order valence-corrected chi connectivity index (χ2v) is 8.65. The molecule has 12 heteroatoms. The molecule has 3 heterocycles. The number of pyridine rings is 2. The maximum Gasteiger partial charge on any atom is 0.349 e.